The van der Waals surface area contributed by atoms with Crippen LogP contribution in [0.3, 0.4) is 0 Å². The third kappa shape index (κ3) is 4.75. The van der Waals surface area contributed by atoms with Gasteiger partial charge in [0.25, 0.3) is 0 Å². The van der Waals surface area contributed by atoms with Gasteiger partial charge in [-0.15, -0.1) is 0 Å². The van der Waals surface area contributed by atoms with Crippen LogP contribution in [0, 0.1) is 19.8 Å². The minimum atomic E-state index is -0.298. The van der Waals surface area contributed by atoms with Crippen molar-refractivity contribution >= 4 is 17.0 Å². The number of pyridine rings is 1. The number of fused-ring (bicyclic) bond motifs is 1. The minimum Gasteiger partial charge on any atom is -0.459 e. The minimum absolute atomic E-state index is 0.143. The van der Waals surface area contributed by atoms with Gasteiger partial charge in [-0.05, 0) is 70.2 Å². The Balaban J connectivity index is 1.56. The van der Waals surface area contributed by atoms with Crippen molar-refractivity contribution in [2.24, 2.45) is 5.92 Å². The van der Waals surface area contributed by atoms with E-state index in [1.54, 1.807) is 0 Å². The lowest BCUT2D eigenvalue weighted by Gasteiger charge is -2.22. The number of hydrogen-bond acceptors (Lipinski definition) is 5. The highest BCUT2D eigenvalue weighted by Crippen LogP contribution is 2.35. The Kier molecular flexibility index (Phi) is 6.46. The van der Waals surface area contributed by atoms with Crippen LogP contribution in [0.1, 0.15) is 67.8 Å². The predicted molar refractivity (Wildman–Crippen MR) is 137 cm³/mol. The molecule has 3 heterocycles. The van der Waals surface area contributed by atoms with E-state index in [1.165, 1.54) is 32.1 Å². The Morgan fingerprint density at radius 2 is 1.86 bits per heavy atom. The molecule has 6 heteroatoms. The van der Waals surface area contributed by atoms with Crippen LogP contribution in [0.25, 0.3) is 33.3 Å². The summed E-state index contributed by atoms with van der Waals surface area (Å²) in [6.45, 7) is 8.61. The lowest BCUT2D eigenvalue weighted by Crippen LogP contribution is -2.13. The van der Waals surface area contributed by atoms with E-state index >= 15 is 0 Å². The molecule has 0 amide bonds. The van der Waals surface area contributed by atoms with Gasteiger partial charge in [0.15, 0.2) is 0 Å². The SMILES string of the molecule is Cc1noc(C)c1-c1cnc2c(-c3ccc(C(=O)OC(C)C)cc3)cn(CC3CCCCC3)c2c1. The van der Waals surface area contributed by atoms with Gasteiger partial charge in [-0.3, -0.25) is 4.98 Å². The van der Waals surface area contributed by atoms with Crippen molar-refractivity contribution in [3.05, 3.63) is 59.7 Å². The highest BCUT2D eigenvalue weighted by Gasteiger charge is 2.20. The smallest absolute Gasteiger partial charge is 0.338 e. The molecule has 35 heavy (non-hydrogen) atoms. The molecule has 1 aliphatic carbocycles. The van der Waals surface area contributed by atoms with Crippen LogP contribution < -0.4 is 0 Å². The van der Waals surface area contributed by atoms with Crippen LogP contribution in [0.5, 0.6) is 0 Å². The van der Waals surface area contributed by atoms with Crippen LogP contribution in [0.2, 0.25) is 0 Å². The van der Waals surface area contributed by atoms with Gasteiger partial charge in [0.2, 0.25) is 0 Å². The molecule has 1 aliphatic rings. The Hall–Kier alpha value is -3.41. The summed E-state index contributed by atoms with van der Waals surface area (Å²) >= 11 is 0. The number of aryl methyl sites for hydroxylation is 2. The molecule has 0 N–H and O–H groups in total. The van der Waals surface area contributed by atoms with E-state index in [0.717, 1.165) is 51.3 Å². The number of rotatable bonds is 6. The van der Waals surface area contributed by atoms with Gasteiger partial charge in [0, 0.05) is 35.6 Å². The molecule has 1 fully saturated rings. The van der Waals surface area contributed by atoms with Crippen LogP contribution in [0.4, 0.5) is 0 Å². The third-order valence-corrected chi connectivity index (χ3v) is 6.99. The Morgan fingerprint density at radius 1 is 1.11 bits per heavy atom. The van der Waals surface area contributed by atoms with Gasteiger partial charge in [0.05, 0.1) is 28.4 Å². The van der Waals surface area contributed by atoms with E-state index < -0.39 is 0 Å². The largest absolute Gasteiger partial charge is 0.459 e. The topological polar surface area (TPSA) is 70.2 Å². The van der Waals surface area contributed by atoms with Crippen molar-refractivity contribution in [1.29, 1.82) is 0 Å². The molecule has 1 aromatic carbocycles. The highest BCUT2D eigenvalue weighted by atomic mass is 16.5. The molecule has 3 aromatic heterocycles. The van der Waals surface area contributed by atoms with E-state index in [0.29, 0.717) is 11.5 Å². The summed E-state index contributed by atoms with van der Waals surface area (Å²) < 4.78 is 13.1. The quantitative estimate of drug-likeness (QED) is 0.280. The molecule has 0 unspecified atom stereocenters. The fourth-order valence-electron chi connectivity index (χ4n) is 5.28. The van der Waals surface area contributed by atoms with Crippen molar-refractivity contribution in [1.82, 2.24) is 14.7 Å². The fourth-order valence-corrected chi connectivity index (χ4v) is 5.28. The van der Waals surface area contributed by atoms with Crippen LogP contribution in [-0.4, -0.2) is 26.8 Å². The molecule has 4 aromatic rings. The Bertz CT molecular complexity index is 1320. The Morgan fingerprint density at radius 3 is 2.51 bits per heavy atom. The molecule has 5 rings (SSSR count). The van der Waals surface area contributed by atoms with Crippen molar-refractivity contribution in [2.75, 3.05) is 0 Å². The maximum atomic E-state index is 12.3. The molecule has 0 spiro atoms. The summed E-state index contributed by atoms with van der Waals surface area (Å²) in [6, 6.07) is 9.86. The van der Waals surface area contributed by atoms with Gasteiger partial charge in [-0.25, -0.2) is 4.79 Å². The summed E-state index contributed by atoms with van der Waals surface area (Å²) in [5.74, 6) is 1.19. The second kappa shape index (κ2) is 9.68. The highest BCUT2D eigenvalue weighted by molar-refractivity contribution is 5.96. The molecule has 0 radical (unpaired) electrons. The van der Waals surface area contributed by atoms with Gasteiger partial charge in [0.1, 0.15) is 5.76 Å². The first-order chi connectivity index (χ1) is 16.9. The average molecular weight is 472 g/mol. The first kappa shape index (κ1) is 23.3. The van der Waals surface area contributed by atoms with Crippen molar-refractivity contribution in [3.63, 3.8) is 0 Å². The molecular formula is C29H33N3O3. The zero-order chi connectivity index (χ0) is 24.5. The molecule has 0 atom stereocenters. The summed E-state index contributed by atoms with van der Waals surface area (Å²) in [4.78, 5) is 17.2. The first-order valence-electron chi connectivity index (χ1n) is 12.6. The van der Waals surface area contributed by atoms with Crippen molar-refractivity contribution in [3.8, 4) is 22.3 Å². The molecule has 1 saturated carbocycles. The molecular weight excluding hydrogens is 438 g/mol. The number of nitrogens with zero attached hydrogens (tertiary/aromatic N) is 3. The van der Waals surface area contributed by atoms with E-state index in [4.69, 9.17) is 14.2 Å². The Labute approximate surface area is 206 Å². The summed E-state index contributed by atoms with van der Waals surface area (Å²) in [7, 11) is 0. The van der Waals surface area contributed by atoms with Gasteiger partial charge in [-0.1, -0.05) is 36.6 Å². The number of carbonyl (C=O) groups excluding carboxylic acids is 1. The van der Waals surface area contributed by atoms with E-state index in [-0.39, 0.29) is 12.1 Å². The summed E-state index contributed by atoms with van der Waals surface area (Å²) in [5, 5.41) is 4.13. The molecule has 0 bridgehead atoms. The van der Waals surface area contributed by atoms with Gasteiger partial charge >= 0.3 is 5.97 Å². The molecule has 0 aliphatic heterocycles. The number of benzene rings is 1. The van der Waals surface area contributed by atoms with Crippen molar-refractivity contribution < 1.29 is 14.1 Å². The van der Waals surface area contributed by atoms with E-state index in [2.05, 4.69) is 22.0 Å². The van der Waals surface area contributed by atoms with E-state index in [1.807, 2.05) is 58.2 Å². The average Bonchev–Trinajstić information content (AvgIpc) is 3.38. The summed E-state index contributed by atoms with van der Waals surface area (Å²) in [6.07, 6.45) is 10.5. The first-order valence-corrected chi connectivity index (χ1v) is 12.6. The predicted octanol–water partition coefficient (Wildman–Crippen LogP) is 7.12. The maximum Gasteiger partial charge on any atom is 0.338 e. The van der Waals surface area contributed by atoms with Crippen LogP contribution >= 0.6 is 0 Å². The number of aromatic nitrogens is 3. The maximum absolute atomic E-state index is 12.3. The lowest BCUT2D eigenvalue weighted by molar-refractivity contribution is 0.0378. The molecule has 0 saturated heterocycles. The number of hydrogen-bond donors (Lipinski definition) is 0. The molecule has 6 nitrogen and oxygen atoms in total. The van der Waals surface area contributed by atoms with Crippen LogP contribution in [-0.2, 0) is 11.3 Å². The third-order valence-electron chi connectivity index (χ3n) is 6.99. The summed E-state index contributed by atoms with van der Waals surface area (Å²) in [5.41, 5.74) is 7.66. The number of carbonyl (C=O) groups is 1. The second-order valence-electron chi connectivity index (χ2n) is 10.0. The fraction of sp³-hybridized carbons (Fsp3) is 0.414. The zero-order valence-electron chi connectivity index (χ0n) is 21.0. The van der Waals surface area contributed by atoms with E-state index in [9.17, 15) is 4.79 Å². The van der Waals surface area contributed by atoms with Crippen LogP contribution in [0.15, 0.2) is 47.2 Å². The molecule has 182 valence electrons. The standard InChI is InChI=1S/C29H33N3O3/c1-18(2)34-29(33)23-12-10-22(11-13-23)25-17-32(16-21-8-6-5-7-9-21)26-14-24(15-30-28(25)26)27-19(3)31-35-20(27)4/h10-15,17-18,21H,5-9,16H2,1-4H3. The zero-order valence-corrected chi connectivity index (χ0v) is 21.0. The second-order valence-corrected chi connectivity index (χ2v) is 10.0. The normalized spacial score (nSPS) is 14.7. The number of esters is 1. The number of ether oxygens (including phenoxy) is 1. The monoisotopic (exact) mass is 471 g/mol. The van der Waals surface area contributed by atoms with Gasteiger partial charge < -0.3 is 13.8 Å². The van der Waals surface area contributed by atoms with Gasteiger partial charge in [-0.2, -0.15) is 0 Å². The lowest BCUT2D eigenvalue weighted by atomic mass is 9.89. The van der Waals surface area contributed by atoms with Crippen molar-refractivity contribution in [2.45, 2.75) is 72.4 Å².